The minimum absolute atomic E-state index is 0.720. The fourth-order valence-corrected chi connectivity index (χ4v) is 2.68. The van der Waals surface area contributed by atoms with Crippen LogP contribution in [0, 0.1) is 0 Å². The zero-order chi connectivity index (χ0) is 14.3. The maximum absolute atomic E-state index is 3.88. The highest BCUT2D eigenvalue weighted by Crippen LogP contribution is 2.12. The summed E-state index contributed by atoms with van der Waals surface area (Å²) in [4.78, 5) is 0. The van der Waals surface area contributed by atoms with Crippen molar-refractivity contribution in [2.45, 2.75) is 90.4 Å². The molecule has 0 spiro atoms. The van der Waals surface area contributed by atoms with E-state index in [1.54, 1.807) is 0 Å². The molecule has 1 rings (SSSR count). The average molecular weight is 282 g/mol. The van der Waals surface area contributed by atoms with Gasteiger partial charge in [-0.25, -0.2) is 5.53 Å². The minimum Gasteiger partial charge on any atom is -0.220 e. The summed E-state index contributed by atoms with van der Waals surface area (Å²) in [5, 5.41) is 9.70. The third-order valence-electron chi connectivity index (χ3n) is 4.02. The Balaban J connectivity index is 1.66. The van der Waals surface area contributed by atoms with Gasteiger partial charge in [0.1, 0.15) is 6.67 Å². The molecular formula is C16H34N4. The van der Waals surface area contributed by atoms with Gasteiger partial charge < -0.3 is 0 Å². The third kappa shape index (κ3) is 10.2. The summed E-state index contributed by atoms with van der Waals surface area (Å²) in [7, 11) is 0. The van der Waals surface area contributed by atoms with E-state index >= 15 is 0 Å². The highest BCUT2D eigenvalue weighted by atomic mass is 15.8. The van der Waals surface area contributed by atoms with Gasteiger partial charge in [-0.05, 0) is 6.42 Å². The number of hydrazine groups is 1. The van der Waals surface area contributed by atoms with Gasteiger partial charge in [0, 0.05) is 6.54 Å². The molecule has 0 saturated heterocycles. The molecule has 0 amide bonds. The van der Waals surface area contributed by atoms with Crippen LogP contribution < -0.4 is 5.53 Å². The number of unbranched alkanes of at least 4 members (excludes halogenated alkanes) is 12. The lowest BCUT2D eigenvalue weighted by molar-refractivity contribution is 0.231. The van der Waals surface area contributed by atoms with Gasteiger partial charge in [-0.3, -0.25) is 0 Å². The van der Waals surface area contributed by atoms with Crippen LogP contribution in [-0.4, -0.2) is 18.2 Å². The molecule has 0 aromatic rings. The van der Waals surface area contributed by atoms with Crippen LogP contribution in [0.2, 0.25) is 0 Å². The molecule has 1 N–H and O–H groups in total. The molecule has 1 heterocycles. The molecule has 0 radical (unpaired) electrons. The van der Waals surface area contributed by atoms with Crippen molar-refractivity contribution in [1.29, 1.82) is 0 Å². The molecule has 0 unspecified atom stereocenters. The number of rotatable bonds is 14. The monoisotopic (exact) mass is 282 g/mol. The van der Waals surface area contributed by atoms with Gasteiger partial charge in [0.2, 0.25) is 0 Å². The molecule has 0 aromatic carbocycles. The first-order valence-electron chi connectivity index (χ1n) is 8.80. The van der Waals surface area contributed by atoms with Crippen LogP contribution in [0.3, 0.4) is 0 Å². The van der Waals surface area contributed by atoms with Crippen molar-refractivity contribution in [2.75, 3.05) is 13.2 Å². The van der Waals surface area contributed by atoms with Crippen molar-refractivity contribution in [3.05, 3.63) is 0 Å². The molecule has 1 aliphatic heterocycles. The Morgan fingerprint density at radius 3 is 1.70 bits per heavy atom. The summed E-state index contributed by atoms with van der Waals surface area (Å²) in [6.45, 7) is 4.08. The third-order valence-corrected chi connectivity index (χ3v) is 4.02. The Hall–Kier alpha value is -0.640. The highest BCUT2D eigenvalue weighted by Gasteiger charge is 2.05. The van der Waals surface area contributed by atoms with Gasteiger partial charge in [-0.2, -0.15) is 10.1 Å². The van der Waals surface area contributed by atoms with Gasteiger partial charge in [-0.15, -0.1) is 0 Å². The van der Waals surface area contributed by atoms with Crippen molar-refractivity contribution < 1.29 is 0 Å². The van der Waals surface area contributed by atoms with E-state index in [1.807, 2.05) is 0 Å². The second-order valence-corrected chi connectivity index (χ2v) is 5.99. The second-order valence-electron chi connectivity index (χ2n) is 5.99. The van der Waals surface area contributed by atoms with Crippen LogP contribution in [0.5, 0.6) is 0 Å². The molecule has 0 fully saturated rings. The van der Waals surface area contributed by atoms with E-state index in [2.05, 4.69) is 27.8 Å². The van der Waals surface area contributed by atoms with E-state index in [0.717, 1.165) is 13.2 Å². The molecule has 4 heteroatoms. The predicted molar refractivity (Wildman–Crippen MR) is 85.3 cm³/mol. The second kappa shape index (κ2) is 13.3. The quantitative estimate of drug-likeness (QED) is 0.443. The van der Waals surface area contributed by atoms with Crippen LogP contribution in [-0.2, 0) is 0 Å². The summed E-state index contributed by atoms with van der Waals surface area (Å²) in [6.07, 6.45) is 18.3. The van der Waals surface area contributed by atoms with Crippen molar-refractivity contribution in [3.63, 3.8) is 0 Å². The zero-order valence-corrected chi connectivity index (χ0v) is 13.4. The highest BCUT2D eigenvalue weighted by molar-refractivity contribution is 4.53. The number of nitrogens with zero attached hydrogens (tertiary/aromatic N) is 3. The maximum atomic E-state index is 3.88. The van der Waals surface area contributed by atoms with E-state index in [-0.39, 0.29) is 0 Å². The Morgan fingerprint density at radius 1 is 0.750 bits per heavy atom. The lowest BCUT2D eigenvalue weighted by Crippen LogP contribution is -2.30. The number of hydrogen-bond donors (Lipinski definition) is 1. The largest absolute Gasteiger partial charge is 0.220 e. The summed E-state index contributed by atoms with van der Waals surface area (Å²) in [5.41, 5.74) is 2.89. The SMILES string of the molecule is CCCCCCCCCCCCCCCN1CN=NN1. The van der Waals surface area contributed by atoms with Crippen LogP contribution in [0.1, 0.15) is 90.4 Å². The van der Waals surface area contributed by atoms with Crippen LogP contribution in [0.4, 0.5) is 0 Å². The van der Waals surface area contributed by atoms with Gasteiger partial charge in [0.15, 0.2) is 0 Å². The van der Waals surface area contributed by atoms with Crippen molar-refractivity contribution >= 4 is 0 Å². The first-order valence-corrected chi connectivity index (χ1v) is 8.80. The Bertz CT molecular complexity index is 223. The lowest BCUT2D eigenvalue weighted by Gasteiger charge is -2.11. The molecule has 0 aliphatic carbocycles. The normalized spacial score (nSPS) is 14.8. The fraction of sp³-hybridized carbons (Fsp3) is 1.00. The first kappa shape index (κ1) is 17.4. The molecule has 0 aromatic heterocycles. The molecule has 0 atom stereocenters. The van der Waals surface area contributed by atoms with Crippen molar-refractivity contribution in [2.24, 2.45) is 10.3 Å². The summed E-state index contributed by atoms with van der Waals surface area (Å²) >= 11 is 0. The lowest BCUT2D eigenvalue weighted by atomic mass is 10.0. The van der Waals surface area contributed by atoms with Gasteiger partial charge in [0.05, 0.1) is 0 Å². The molecule has 0 bridgehead atoms. The molecule has 4 nitrogen and oxygen atoms in total. The molecular weight excluding hydrogens is 248 g/mol. The summed E-state index contributed by atoms with van der Waals surface area (Å²) in [5.74, 6) is 0. The molecule has 118 valence electrons. The fourth-order valence-electron chi connectivity index (χ4n) is 2.68. The van der Waals surface area contributed by atoms with Crippen LogP contribution >= 0.6 is 0 Å². The van der Waals surface area contributed by atoms with Crippen molar-refractivity contribution in [1.82, 2.24) is 10.5 Å². The summed E-state index contributed by atoms with van der Waals surface area (Å²) < 4.78 is 0. The Kier molecular flexibility index (Phi) is 11.6. The molecule has 0 saturated carbocycles. The number of nitrogens with one attached hydrogen (secondary N) is 1. The van der Waals surface area contributed by atoms with E-state index in [0.29, 0.717) is 0 Å². The maximum Gasteiger partial charge on any atom is 0.133 e. The molecule has 20 heavy (non-hydrogen) atoms. The van der Waals surface area contributed by atoms with E-state index < -0.39 is 0 Å². The smallest absolute Gasteiger partial charge is 0.133 e. The van der Waals surface area contributed by atoms with Gasteiger partial charge in [-0.1, -0.05) is 89.2 Å². The van der Waals surface area contributed by atoms with Crippen molar-refractivity contribution in [3.8, 4) is 0 Å². The standard InChI is InChI=1S/C16H34N4/c1-2-3-4-5-6-7-8-9-10-11-12-13-14-15-20-16-17-18-19-20/h2-16H2,1H3,(H,17,19). The molecule has 1 aliphatic rings. The topological polar surface area (TPSA) is 40.0 Å². The zero-order valence-electron chi connectivity index (χ0n) is 13.4. The number of hydrogen-bond acceptors (Lipinski definition) is 4. The van der Waals surface area contributed by atoms with E-state index in [1.165, 1.54) is 83.5 Å². The van der Waals surface area contributed by atoms with Crippen LogP contribution in [0.15, 0.2) is 10.3 Å². The van der Waals surface area contributed by atoms with Crippen LogP contribution in [0.25, 0.3) is 0 Å². The van der Waals surface area contributed by atoms with E-state index in [4.69, 9.17) is 0 Å². The Morgan fingerprint density at radius 2 is 1.25 bits per heavy atom. The predicted octanol–water partition coefficient (Wildman–Crippen LogP) is 5.22. The average Bonchev–Trinajstić information content (AvgIpc) is 2.97. The first-order chi connectivity index (χ1) is 9.93. The Labute approximate surface area is 125 Å². The van der Waals surface area contributed by atoms with E-state index in [9.17, 15) is 0 Å². The minimum atomic E-state index is 0.720. The summed E-state index contributed by atoms with van der Waals surface area (Å²) in [6, 6.07) is 0. The van der Waals surface area contributed by atoms with Gasteiger partial charge >= 0.3 is 0 Å². The van der Waals surface area contributed by atoms with Gasteiger partial charge in [0.25, 0.3) is 0 Å².